The highest BCUT2D eigenvalue weighted by Gasteiger charge is 2.42. The van der Waals surface area contributed by atoms with Gasteiger partial charge in [-0.1, -0.05) is 35.9 Å². The Labute approximate surface area is 297 Å². The van der Waals surface area contributed by atoms with Gasteiger partial charge >= 0.3 is 11.9 Å². The predicted octanol–water partition coefficient (Wildman–Crippen LogP) is 7.65. The minimum atomic E-state index is -3.85. The van der Waals surface area contributed by atoms with Crippen molar-refractivity contribution in [2.75, 3.05) is 24.2 Å². The van der Waals surface area contributed by atoms with Gasteiger partial charge < -0.3 is 25.3 Å². The van der Waals surface area contributed by atoms with E-state index >= 15 is 0 Å². The Morgan fingerprint density at radius 1 is 1.08 bits per heavy atom. The summed E-state index contributed by atoms with van der Waals surface area (Å²) in [6.45, 7) is 14.0. The molecule has 268 valence electrons. The van der Waals surface area contributed by atoms with E-state index in [-0.39, 0.29) is 39.5 Å². The summed E-state index contributed by atoms with van der Waals surface area (Å²) in [6.07, 6.45) is 0.999. The summed E-state index contributed by atoms with van der Waals surface area (Å²) in [7, 11) is -3.85. The van der Waals surface area contributed by atoms with Crippen molar-refractivity contribution in [1.29, 1.82) is 0 Å². The van der Waals surface area contributed by atoms with Crippen LogP contribution >= 0.6 is 22.9 Å². The molecule has 1 saturated heterocycles. The lowest BCUT2D eigenvalue weighted by Crippen LogP contribution is -2.55. The van der Waals surface area contributed by atoms with Crippen molar-refractivity contribution in [3.63, 3.8) is 0 Å². The molecule has 1 fully saturated rings. The van der Waals surface area contributed by atoms with Gasteiger partial charge in [0.15, 0.2) is 17.2 Å². The lowest BCUT2D eigenvalue weighted by atomic mass is 9.89. The van der Waals surface area contributed by atoms with Crippen molar-refractivity contribution in [2.45, 2.75) is 96.8 Å². The molecule has 0 aliphatic carbocycles. The first-order chi connectivity index (χ1) is 22.6. The third-order valence-electron chi connectivity index (χ3n) is 7.53. The largest absolute Gasteiger partial charge is 0.479 e. The summed E-state index contributed by atoms with van der Waals surface area (Å²) in [5.74, 6) is -2.42. The van der Waals surface area contributed by atoms with Crippen molar-refractivity contribution in [1.82, 2.24) is 4.31 Å². The summed E-state index contributed by atoms with van der Waals surface area (Å²) in [6, 6.07) is 11.7. The van der Waals surface area contributed by atoms with Gasteiger partial charge in [-0.15, -0.1) is 11.3 Å². The molecule has 4 rings (SSSR count). The molecule has 1 atom stereocenters. The molecule has 0 saturated carbocycles. The van der Waals surface area contributed by atoms with Crippen molar-refractivity contribution < 1.29 is 36.6 Å². The van der Waals surface area contributed by atoms with E-state index < -0.39 is 56.9 Å². The summed E-state index contributed by atoms with van der Waals surface area (Å²) < 4.78 is 59.6. The zero-order valence-corrected chi connectivity index (χ0v) is 31.5. The van der Waals surface area contributed by atoms with E-state index in [1.807, 2.05) is 38.1 Å². The van der Waals surface area contributed by atoms with E-state index in [2.05, 4.69) is 5.32 Å². The van der Waals surface area contributed by atoms with Gasteiger partial charge in [-0.2, -0.15) is 4.31 Å². The number of hydrogen-bond acceptors (Lipinski definition) is 10. The van der Waals surface area contributed by atoms with E-state index in [0.717, 1.165) is 17.0 Å². The minimum Gasteiger partial charge on any atom is -0.479 e. The molecule has 0 spiro atoms. The molecule has 3 N–H and O–H groups in total. The molecule has 0 unspecified atom stereocenters. The number of carbonyl (C=O) groups is 2. The number of benzene rings is 2. The number of anilines is 2. The van der Waals surface area contributed by atoms with E-state index in [9.17, 15) is 22.4 Å². The second-order valence-corrected chi connectivity index (χ2v) is 17.9. The van der Waals surface area contributed by atoms with Crippen LogP contribution in [-0.2, 0) is 30.0 Å². The number of halogens is 2. The Balaban J connectivity index is 1.54. The molecule has 1 aliphatic rings. The zero-order chi connectivity index (χ0) is 36.5. The average molecular weight is 738 g/mol. The number of sulfonamides is 1. The Morgan fingerprint density at radius 3 is 2.37 bits per heavy atom. The van der Waals surface area contributed by atoms with Crippen LogP contribution in [0.1, 0.15) is 83.5 Å². The number of nitrogens with one attached hydrogen (secondary N) is 1. The van der Waals surface area contributed by atoms with Crippen molar-refractivity contribution in [2.24, 2.45) is 0 Å². The molecule has 49 heavy (non-hydrogen) atoms. The molecule has 10 nitrogen and oxygen atoms in total. The second kappa shape index (κ2) is 14.5. The zero-order valence-electron chi connectivity index (χ0n) is 29.1. The first-order valence-corrected chi connectivity index (χ1v) is 18.7. The third-order valence-corrected chi connectivity index (χ3v) is 11.2. The quantitative estimate of drug-likeness (QED) is 0.159. The van der Waals surface area contributed by atoms with Gasteiger partial charge in [0.1, 0.15) is 22.0 Å². The Kier molecular flexibility index (Phi) is 11.3. The molecule has 2 heterocycles. The topological polar surface area (TPSA) is 137 Å². The van der Waals surface area contributed by atoms with Crippen LogP contribution < -0.4 is 15.8 Å². The number of ether oxygens (including phenoxy) is 3. The summed E-state index contributed by atoms with van der Waals surface area (Å²) in [5.41, 5.74) is 4.80. The van der Waals surface area contributed by atoms with E-state index in [4.69, 9.17) is 31.5 Å². The van der Waals surface area contributed by atoms with Gasteiger partial charge in [0.05, 0.1) is 16.3 Å². The van der Waals surface area contributed by atoms with Gasteiger partial charge in [0, 0.05) is 29.4 Å². The molecule has 2 aromatic carbocycles. The van der Waals surface area contributed by atoms with Crippen molar-refractivity contribution in [3.05, 3.63) is 63.7 Å². The number of nitrogen functional groups attached to an aromatic ring is 1. The van der Waals surface area contributed by atoms with Gasteiger partial charge in [-0.05, 0) is 92.0 Å². The molecular formula is C35H45ClFN3O7S2. The van der Waals surface area contributed by atoms with Crippen LogP contribution in [0.2, 0.25) is 5.02 Å². The first-order valence-electron chi connectivity index (χ1n) is 15.9. The smallest absolute Gasteiger partial charge is 0.352 e. The lowest BCUT2D eigenvalue weighted by Gasteiger charge is -2.45. The molecule has 0 amide bonds. The lowest BCUT2D eigenvalue weighted by molar-refractivity contribution is -0.157. The van der Waals surface area contributed by atoms with E-state index in [1.54, 1.807) is 41.5 Å². The highest BCUT2D eigenvalue weighted by molar-refractivity contribution is 7.88. The maximum Gasteiger partial charge on any atom is 0.352 e. The number of nitrogens with two attached hydrogens (primary N) is 1. The summed E-state index contributed by atoms with van der Waals surface area (Å²) in [5, 5.41) is 3.68. The highest BCUT2D eigenvalue weighted by atomic mass is 35.5. The standard InChI is InChI=1S/C35H45ClFN3O7S2/c1-33(2,3)46-26(41)19-45-29-27(36)30(48-31(29)32(42)47-34(4,5)6)21-11-9-13-23(17-21)39-24-15-16-40(35(7,8)18-24)49(43,44)20-22-12-10-14-25(38)28(22)37/h9-14,17,24,39H,15-16,18-20,38H2,1-8H3/t24-/m0/s1. The summed E-state index contributed by atoms with van der Waals surface area (Å²) >= 11 is 7.92. The fourth-order valence-corrected chi connectivity index (χ4v) is 9.09. The highest BCUT2D eigenvalue weighted by Crippen LogP contribution is 2.47. The van der Waals surface area contributed by atoms with Crippen LogP contribution in [0, 0.1) is 5.82 Å². The summed E-state index contributed by atoms with van der Waals surface area (Å²) in [4.78, 5) is 26.3. The monoisotopic (exact) mass is 737 g/mol. The average Bonchev–Trinajstić information content (AvgIpc) is 3.28. The van der Waals surface area contributed by atoms with Gasteiger partial charge in [0.25, 0.3) is 0 Å². The predicted molar refractivity (Wildman–Crippen MR) is 192 cm³/mol. The molecule has 3 aromatic rings. The Morgan fingerprint density at radius 2 is 1.73 bits per heavy atom. The second-order valence-electron chi connectivity index (χ2n) is 14.7. The Hall–Kier alpha value is -3.39. The van der Waals surface area contributed by atoms with Gasteiger partial charge in [-0.25, -0.2) is 22.4 Å². The molecule has 1 aromatic heterocycles. The van der Waals surface area contributed by atoms with Crippen LogP contribution in [0.25, 0.3) is 10.4 Å². The normalized spacial score (nSPS) is 17.0. The van der Waals surface area contributed by atoms with Gasteiger partial charge in [-0.3, -0.25) is 0 Å². The maximum absolute atomic E-state index is 14.6. The van der Waals surface area contributed by atoms with E-state index in [0.29, 0.717) is 23.3 Å². The van der Waals surface area contributed by atoms with Crippen molar-refractivity contribution in [3.8, 4) is 16.2 Å². The third kappa shape index (κ3) is 9.87. The van der Waals surface area contributed by atoms with Gasteiger partial charge in [0.2, 0.25) is 10.0 Å². The molecule has 0 bridgehead atoms. The van der Waals surface area contributed by atoms with Crippen LogP contribution in [0.15, 0.2) is 42.5 Å². The number of hydrogen-bond donors (Lipinski definition) is 2. The van der Waals surface area contributed by atoms with Crippen molar-refractivity contribution >= 4 is 56.3 Å². The molecule has 0 radical (unpaired) electrons. The SMILES string of the molecule is CC(C)(C)OC(=O)COc1c(C(=O)OC(C)(C)C)sc(-c2cccc(N[C@H]3CCN(S(=O)(=O)Cc4cccc(N)c4F)C(C)(C)C3)c2)c1Cl. The van der Waals surface area contributed by atoms with Crippen LogP contribution in [-0.4, -0.2) is 60.6 Å². The molecule has 14 heteroatoms. The number of thiophene rings is 1. The number of esters is 2. The van der Waals surface area contributed by atoms with Crippen LogP contribution in [0.4, 0.5) is 15.8 Å². The fraction of sp³-hybridized carbons (Fsp3) is 0.486. The first kappa shape index (κ1) is 38.4. The number of rotatable bonds is 10. The fourth-order valence-electron chi connectivity index (χ4n) is 5.66. The number of nitrogens with zero attached hydrogens (tertiary/aromatic N) is 1. The Bertz CT molecular complexity index is 1810. The maximum atomic E-state index is 14.6. The minimum absolute atomic E-state index is 0.0355. The van der Waals surface area contributed by atoms with E-state index in [1.165, 1.54) is 22.5 Å². The number of carbonyl (C=O) groups excluding carboxylic acids is 2. The van der Waals surface area contributed by atoms with Crippen LogP contribution in [0.3, 0.4) is 0 Å². The van der Waals surface area contributed by atoms with Crippen LogP contribution in [0.5, 0.6) is 5.75 Å². The molecular weight excluding hydrogens is 693 g/mol. The number of piperidine rings is 1. The molecule has 1 aliphatic heterocycles.